The van der Waals surface area contributed by atoms with Crippen molar-refractivity contribution in [3.8, 4) is 11.6 Å². The normalized spacial score (nSPS) is 14.2. The summed E-state index contributed by atoms with van der Waals surface area (Å²) >= 11 is 3.42. The number of rotatable bonds is 4. The van der Waals surface area contributed by atoms with Crippen LogP contribution in [-0.2, 0) is 0 Å². The van der Waals surface area contributed by atoms with Crippen molar-refractivity contribution in [1.29, 1.82) is 0 Å². The average molecular weight is 463 g/mol. The summed E-state index contributed by atoms with van der Waals surface area (Å²) in [4.78, 5) is 19.0. The lowest BCUT2D eigenvalue weighted by Crippen LogP contribution is -2.44. The maximum Gasteiger partial charge on any atom is 0.259 e. The van der Waals surface area contributed by atoms with Gasteiger partial charge in [0.05, 0.1) is 0 Å². The number of piperidine rings is 1. The van der Waals surface area contributed by atoms with Gasteiger partial charge in [-0.25, -0.2) is 4.98 Å². The summed E-state index contributed by atoms with van der Waals surface area (Å²) in [7, 11) is 1.97. The quantitative estimate of drug-likeness (QED) is 0.735. The summed E-state index contributed by atoms with van der Waals surface area (Å²) < 4.78 is 6.76. The number of nitrogens with zero attached hydrogens (tertiary/aromatic N) is 2. The summed E-state index contributed by atoms with van der Waals surface area (Å²) in [5.41, 5.74) is 0.500. The number of carbonyl (C=O) groups is 1. The van der Waals surface area contributed by atoms with E-state index in [0.29, 0.717) is 23.2 Å². The number of hydrogen-bond acceptors (Lipinski definition) is 4. The first kappa shape index (κ1) is 22.7. The SMILES string of the molecule is CNC1CCN(C(=O)c2cccnc2Oc2cccc(Br)c2)CC1.Cl.Cl. The molecule has 1 aliphatic rings. The van der Waals surface area contributed by atoms with E-state index in [4.69, 9.17) is 4.74 Å². The number of pyridine rings is 1. The standard InChI is InChI=1S/C18H20BrN3O2.2ClH/c1-20-14-7-10-22(11-8-14)18(23)16-6-3-9-21-17(16)24-15-5-2-4-13(19)12-15;;/h2-6,9,12,14,20H,7-8,10-11H2,1H3;2*1H. The monoisotopic (exact) mass is 461 g/mol. The first-order chi connectivity index (χ1) is 11.7. The van der Waals surface area contributed by atoms with Crippen molar-refractivity contribution in [3.63, 3.8) is 0 Å². The van der Waals surface area contributed by atoms with Crippen LogP contribution in [0, 0.1) is 0 Å². The van der Waals surface area contributed by atoms with Gasteiger partial charge in [-0.2, -0.15) is 0 Å². The van der Waals surface area contributed by atoms with Gasteiger partial charge in [0.1, 0.15) is 11.3 Å². The topological polar surface area (TPSA) is 54.5 Å². The molecule has 26 heavy (non-hydrogen) atoms. The van der Waals surface area contributed by atoms with Crippen molar-refractivity contribution < 1.29 is 9.53 Å². The fourth-order valence-electron chi connectivity index (χ4n) is 2.82. The van der Waals surface area contributed by atoms with Crippen LogP contribution in [0.4, 0.5) is 0 Å². The fraction of sp³-hybridized carbons (Fsp3) is 0.333. The predicted octanol–water partition coefficient (Wildman–Crippen LogP) is 4.30. The Hall–Kier alpha value is -1.34. The van der Waals surface area contributed by atoms with Crippen LogP contribution in [0.3, 0.4) is 0 Å². The highest BCUT2D eigenvalue weighted by molar-refractivity contribution is 9.10. The highest BCUT2D eigenvalue weighted by Gasteiger charge is 2.25. The molecule has 1 N–H and O–H groups in total. The van der Waals surface area contributed by atoms with E-state index in [9.17, 15) is 4.79 Å². The number of hydrogen-bond donors (Lipinski definition) is 1. The minimum Gasteiger partial charge on any atom is -0.438 e. The van der Waals surface area contributed by atoms with E-state index in [-0.39, 0.29) is 30.7 Å². The molecule has 0 aliphatic carbocycles. The van der Waals surface area contributed by atoms with Crippen molar-refractivity contribution in [2.45, 2.75) is 18.9 Å². The molecule has 0 saturated carbocycles. The van der Waals surface area contributed by atoms with Crippen LogP contribution in [0.25, 0.3) is 0 Å². The van der Waals surface area contributed by atoms with Crippen LogP contribution in [0.2, 0.25) is 0 Å². The fourth-order valence-corrected chi connectivity index (χ4v) is 3.20. The number of halogens is 3. The molecule has 0 bridgehead atoms. The molecule has 1 aromatic heterocycles. The molecule has 2 aromatic rings. The molecule has 2 heterocycles. The van der Waals surface area contributed by atoms with Crippen molar-refractivity contribution >= 4 is 46.7 Å². The lowest BCUT2D eigenvalue weighted by Gasteiger charge is -2.32. The molecule has 0 atom stereocenters. The molecule has 5 nitrogen and oxygen atoms in total. The molecule has 8 heteroatoms. The van der Waals surface area contributed by atoms with Crippen LogP contribution in [0.15, 0.2) is 47.1 Å². The van der Waals surface area contributed by atoms with E-state index in [1.807, 2.05) is 36.2 Å². The van der Waals surface area contributed by atoms with Gasteiger partial charge in [-0.1, -0.05) is 22.0 Å². The Bertz CT molecular complexity index is 725. The van der Waals surface area contributed by atoms with Crippen LogP contribution in [0.5, 0.6) is 11.6 Å². The largest absolute Gasteiger partial charge is 0.438 e. The van der Waals surface area contributed by atoms with E-state index in [1.165, 1.54) is 0 Å². The van der Waals surface area contributed by atoms with Crippen molar-refractivity contribution in [3.05, 3.63) is 52.6 Å². The maximum absolute atomic E-state index is 12.8. The molecule has 142 valence electrons. The summed E-state index contributed by atoms with van der Waals surface area (Å²) in [6, 6.07) is 11.5. The minimum absolute atomic E-state index is 0. The third kappa shape index (κ3) is 5.58. The molecule has 0 unspecified atom stereocenters. The van der Waals surface area contributed by atoms with E-state index in [1.54, 1.807) is 18.3 Å². The second kappa shape index (κ2) is 10.7. The van der Waals surface area contributed by atoms with Gasteiger partial charge in [0.2, 0.25) is 5.88 Å². The van der Waals surface area contributed by atoms with Gasteiger partial charge in [-0.15, -0.1) is 24.8 Å². The summed E-state index contributed by atoms with van der Waals surface area (Å²) in [5.74, 6) is 0.963. The molecule has 1 aromatic carbocycles. The Morgan fingerprint density at radius 1 is 1.23 bits per heavy atom. The average Bonchev–Trinajstić information content (AvgIpc) is 2.62. The number of likely N-dealkylation sites (tertiary alicyclic amines) is 1. The van der Waals surface area contributed by atoms with Crippen LogP contribution in [-0.4, -0.2) is 42.0 Å². The Balaban J connectivity index is 0.00000169. The van der Waals surface area contributed by atoms with E-state index < -0.39 is 0 Å². The zero-order valence-corrected chi connectivity index (χ0v) is 17.6. The van der Waals surface area contributed by atoms with Gasteiger partial charge in [-0.3, -0.25) is 4.79 Å². The second-order valence-corrected chi connectivity index (χ2v) is 6.69. The maximum atomic E-state index is 12.8. The number of nitrogens with one attached hydrogen (secondary N) is 1. The molecule has 1 saturated heterocycles. The zero-order chi connectivity index (χ0) is 16.9. The van der Waals surface area contributed by atoms with Gasteiger partial charge in [0.25, 0.3) is 5.91 Å². The Labute approximate surface area is 174 Å². The number of aromatic nitrogens is 1. The zero-order valence-electron chi connectivity index (χ0n) is 14.4. The predicted molar refractivity (Wildman–Crippen MR) is 111 cm³/mol. The van der Waals surface area contributed by atoms with E-state index >= 15 is 0 Å². The molecule has 1 amide bonds. The lowest BCUT2D eigenvalue weighted by molar-refractivity contribution is 0.0704. The molecule has 1 fully saturated rings. The molecular formula is C18H22BrCl2N3O2. The number of ether oxygens (including phenoxy) is 1. The second-order valence-electron chi connectivity index (χ2n) is 5.77. The number of benzene rings is 1. The van der Waals surface area contributed by atoms with Crippen molar-refractivity contribution in [2.75, 3.05) is 20.1 Å². The van der Waals surface area contributed by atoms with E-state index in [2.05, 4.69) is 26.2 Å². The van der Waals surface area contributed by atoms with Gasteiger partial charge < -0.3 is 15.0 Å². The molecule has 0 spiro atoms. The van der Waals surface area contributed by atoms with Gasteiger partial charge in [-0.05, 0) is 50.2 Å². The summed E-state index contributed by atoms with van der Waals surface area (Å²) in [6.07, 6.45) is 3.56. The Kier molecular flexibility index (Phi) is 9.36. The molecular weight excluding hydrogens is 441 g/mol. The van der Waals surface area contributed by atoms with E-state index in [0.717, 1.165) is 30.4 Å². The van der Waals surface area contributed by atoms with Crippen molar-refractivity contribution in [2.24, 2.45) is 0 Å². The number of amides is 1. The molecule has 3 rings (SSSR count). The lowest BCUT2D eigenvalue weighted by atomic mass is 10.0. The first-order valence-corrected chi connectivity index (χ1v) is 8.81. The third-order valence-corrected chi connectivity index (χ3v) is 4.70. The highest BCUT2D eigenvalue weighted by Crippen LogP contribution is 2.27. The Morgan fingerprint density at radius 2 is 1.96 bits per heavy atom. The Morgan fingerprint density at radius 3 is 2.62 bits per heavy atom. The summed E-state index contributed by atoms with van der Waals surface area (Å²) in [5, 5.41) is 3.27. The van der Waals surface area contributed by atoms with Gasteiger partial charge in [0.15, 0.2) is 0 Å². The highest BCUT2D eigenvalue weighted by atomic mass is 79.9. The van der Waals surface area contributed by atoms with Gasteiger partial charge in [0, 0.05) is 29.8 Å². The van der Waals surface area contributed by atoms with Crippen LogP contribution >= 0.6 is 40.7 Å². The first-order valence-electron chi connectivity index (χ1n) is 8.02. The van der Waals surface area contributed by atoms with Crippen molar-refractivity contribution in [1.82, 2.24) is 15.2 Å². The van der Waals surface area contributed by atoms with Crippen LogP contribution in [0.1, 0.15) is 23.2 Å². The van der Waals surface area contributed by atoms with Crippen LogP contribution < -0.4 is 10.1 Å². The molecule has 1 aliphatic heterocycles. The minimum atomic E-state index is -0.0253. The van der Waals surface area contributed by atoms with Gasteiger partial charge >= 0.3 is 0 Å². The molecule has 0 radical (unpaired) electrons. The third-order valence-electron chi connectivity index (χ3n) is 4.20. The smallest absolute Gasteiger partial charge is 0.259 e. The summed E-state index contributed by atoms with van der Waals surface area (Å²) in [6.45, 7) is 1.49. The number of carbonyl (C=O) groups excluding carboxylic acids is 1.